The number of carbonyl (C=O) groups is 1. The molecule has 2 atom stereocenters. The van der Waals surface area contributed by atoms with Crippen molar-refractivity contribution in [3.63, 3.8) is 0 Å². The molecule has 6 nitrogen and oxygen atoms in total. The van der Waals surface area contributed by atoms with Gasteiger partial charge in [-0.3, -0.25) is 4.79 Å². The first-order valence-corrected chi connectivity index (χ1v) is 5.79. The standard InChI is InChI=1S/C11H18N2O4/c1-8(12)9-6-13(2-3-16-9)11(14)10-7-15-4-5-17-10/h7-9H,2-6,12H2,1H3. The second-order valence-electron chi connectivity index (χ2n) is 4.22. The second kappa shape index (κ2) is 5.37. The van der Waals surface area contributed by atoms with Crippen molar-refractivity contribution in [1.82, 2.24) is 4.90 Å². The summed E-state index contributed by atoms with van der Waals surface area (Å²) in [6.07, 6.45) is 1.26. The van der Waals surface area contributed by atoms with E-state index in [1.165, 1.54) is 6.26 Å². The van der Waals surface area contributed by atoms with E-state index in [9.17, 15) is 4.79 Å². The van der Waals surface area contributed by atoms with Gasteiger partial charge in [-0.1, -0.05) is 0 Å². The molecule has 2 aliphatic rings. The van der Waals surface area contributed by atoms with Crippen LogP contribution in [0.3, 0.4) is 0 Å². The van der Waals surface area contributed by atoms with Crippen LogP contribution in [0, 0.1) is 0 Å². The van der Waals surface area contributed by atoms with Gasteiger partial charge in [-0.25, -0.2) is 0 Å². The van der Waals surface area contributed by atoms with Crippen LogP contribution in [0.25, 0.3) is 0 Å². The summed E-state index contributed by atoms with van der Waals surface area (Å²) in [7, 11) is 0. The van der Waals surface area contributed by atoms with E-state index in [4.69, 9.17) is 19.9 Å². The Morgan fingerprint density at radius 2 is 2.35 bits per heavy atom. The zero-order valence-corrected chi connectivity index (χ0v) is 9.93. The second-order valence-corrected chi connectivity index (χ2v) is 4.22. The topological polar surface area (TPSA) is 74.0 Å². The Kier molecular flexibility index (Phi) is 3.86. The first-order chi connectivity index (χ1) is 8.18. The van der Waals surface area contributed by atoms with Crippen molar-refractivity contribution < 1.29 is 19.0 Å². The molecule has 2 heterocycles. The molecule has 2 aliphatic heterocycles. The molecule has 0 bridgehead atoms. The molecule has 0 saturated carbocycles. The van der Waals surface area contributed by atoms with Crippen LogP contribution in [0.4, 0.5) is 0 Å². The summed E-state index contributed by atoms with van der Waals surface area (Å²) in [5.74, 6) is 0.111. The van der Waals surface area contributed by atoms with E-state index in [1.54, 1.807) is 4.90 Å². The van der Waals surface area contributed by atoms with E-state index in [0.29, 0.717) is 32.9 Å². The summed E-state index contributed by atoms with van der Waals surface area (Å²) < 4.78 is 15.8. The molecule has 6 heteroatoms. The number of morpholine rings is 1. The SMILES string of the molecule is CC(N)C1CN(C(=O)C2=COCCO2)CCO1. The molecule has 1 saturated heterocycles. The molecule has 1 fully saturated rings. The molecule has 1 amide bonds. The number of nitrogens with two attached hydrogens (primary N) is 1. The van der Waals surface area contributed by atoms with E-state index in [2.05, 4.69) is 0 Å². The molecule has 96 valence electrons. The number of rotatable bonds is 2. The van der Waals surface area contributed by atoms with Crippen LogP contribution in [0.5, 0.6) is 0 Å². The van der Waals surface area contributed by atoms with Crippen LogP contribution >= 0.6 is 0 Å². The summed E-state index contributed by atoms with van der Waals surface area (Å²) in [6.45, 7) is 4.34. The fourth-order valence-electron chi connectivity index (χ4n) is 1.81. The minimum absolute atomic E-state index is 0.0943. The van der Waals surface area contributed by atoms with Gasteiger partial charge in [0.05, 0.1) is 12.7 Å². The Morgan fingerprint density at radius 3 is 3.00 bits per heavy atom. The van der Waals surface area contributed by atoms with E-state index in [0.717, 1.165) is 0 Å². The number of ether oxygens (including phenoxy) is 3. The monoisotopic (exact) mass is 242 g/mol. The molecule has 17 heavy (non-hydrogen) atoms. The highest BCUT2D eigenvalue weighted by atomic mass is 16.6. The first-order valence-electron chi connectivity index (χ1n) is 5.79. The van der Waals surface area contributed by atoms with Crippen molar-refractivity contribution in [3.05, 3.63) is 12.0 Å². The van der Waals surface area contributed by atoms with Gasteiger partial charge in [-0.15, -0.1) is 0 Å². The third-order valence-corrected chi connectivity index (χ3v) is 2.83. The number of amides is 1. The lowest BCUT2D eigenvalue weighted by molar-refractivity contribution is -0.140. The molecular weight excluding hydrogens is 224 g/mol. The van der Waals surface area contributed by atoms with Gasteiger partial charge in [-0.05, 0) is 6.92 Å². The summed E-state index contributed by atoms with van der Waals surface area (Å²) in [5.41, 5.74) is 5.77. The third kappa shape index (κ3) is 2.89. The maximum atomic E-state index is 12.1. The van der Waals surface area contributed by atoms with E-state index in [1.807, 2.05) is 6.92 Å². The van der Waals surface area contributed by atoms with Crippen molar-refractivity contribution in [3.8, 4) is 0 Å². The Hall–Kier alpha value is -1.27. The highest BCUT2D eigenvalue weighted by Gasteiger charge is 2.29. The molecule has 0 aliphatic carbocycles. The fraction of sp³-hybridized carbons (Fsp3) is 0.727. The highest BCUT2D eigenvalue weighted by molar-refractivity contribution is 5.91. The van der Waals surface area contributed by atoms with Gasteiger partial charge in [0.25, 0.3) is 5.91 Å². The van der Waals surface area contributed by atoms with Gasteiger partial charge < -0.3 is 24.8 Å². The Bertz CT molecular complexity index is 317. The van der Waals surface area contributed by atoms with E-state index in [-0.39, 0.29) is 23.8 Å². The minimum Gasteiger partial charge on any atom is -0.494 e. The quantitative estimate of drug-likeness (QED) is 0.703. The largest absolute Gasteiger partial charge is 0.494 e. The predicted octanol–water partition coefficient (Wildman–Crippen LogP) is -0.551. The predicted molar refractivity (Wildman–Crippen MR) is 60.0 cm³/mol. The highest BCUT2D eigenvalue weighted by Crippen LogP contribution is 2.13. The zero-order chi connectivity index (χ0) is 12.3. The molecule has 2 unspecified atom stereocenters. The summed E-state index contributed by atoms with van der Waals surface area (Å²) in [4.78, 5) is 13.8. The smallest absolute Gasteiger partial charge is 0.292 e. The van der Waals surface area contributed by atoms with E-state index >= 15 is 0 Å². The average Bonchev–Trinajstić information content (AvgIpc) is 2.39. The molecule has 0 spiro atoms. The summed E-state index contributed by atoms with van der Waals surface area (Å²) >= 11 is 0. The maximum Gasteiger partial charge on any atom is 0.292 e. The Morgan fingerprint density at radius 1 is 1.53 bits per heavy atom. The van der Waals surface area contributed by atoms with Crippen LogP contribution in [-0.2, 0) is 19.0 Å². The van der Waals surface area contributed by atoms with Crippen LogP contribution < -0.4 is 5.73 Å². The lowest BCUT2D eigenvalue weighted by atomic mass is 10.1. The summed E-state index contributed by atoms with van der Waals surface area (Å²) in [5, 5.41) is 0. The van der Waals surface area contributed by atoms with E-state index < -0.39 is 0 Å². The molecule has 2 rings (SSSR count). The lowest BCUT2D eigenvalue weighted by Gasteiger charge is -2.35. The van der Waals surface area contributed by atoms with Crippen molar-refractivity contribution in [1.29, 1.82) is 0 Å². The van der Waals surface area contributed by atoms with Crippen LogP contribution in [0.2, 0.25) is 0 Å². The number of carbonyl (C=O) groups excluding carboxylic acids is 1. The van der Waals surface area contributed by atoms with Crippen molar-refractivity contribution in [2.75, 3.05) is 32.9 Å². The van der Waals surface area contributed by atoms with Crippen LogP contribution in [-0.4, -0.2) is 55.9 Å². The third-order valence-electron chi connectivity index (χ3n) is 2.83. The van der Waals surface area contributed by atoms with Gasteiger partial charge in [0.1, 0.15) is 19.5 Å². The van der Waals surface area contributed by atoms with Gasteiger partial charge >= 0.3 is 0 Å². The molecule has 2 N–H and O–H groups in total. The number of hydrogen-bond acceptors (Lipinski definition) is 5. The molecule has 0 aromatic rings. The Balaban J connectivity index is 1.97. The molecule has 0 aromatic heterocycles. The molecule has 0 aromatic carbocycles. The van der Waals surface area contributed by atoms with Crippen molar-refractivity contribution in [2.24, 2.45) is 5.73 Å². The molecular formula is C11H18N2O4. The Labute approximate surface area is 100 Å². The minimum atomic E-state index is -0.154. The van der Waals surface area contributed by atoms with Gasteiger partial charge in [0.2, 0.25) is 5.76 Å². The normalized spacial score (nSPS) is 26.6. The van der Waals surface area contributed by atoms with Crippen molar-refractivity contribution >= 4 is 5.91 Å². The van der Waals surface area contributed by atoms with Crippen LogP contribution in [0.1, 0.15) is 6.92 Å². The molecule has 0 radical (unpaired) electrons. The average molecular weight is 242 g/mol. The number of hydrogen-bond donors (Lipinski definition) is 1. The summed E-state index contributed by atoms with van der Waals surface area (Å²) in [6, 6.07) is -0.0943. The van der Waals surface area contributed by atoms with Crippen molar-refractivity contribution in [2.45, 2.75) is 19.1 Å². The first kappa shape index (κ1) is 12.2. The van der Waals surface area contributed by atoms with Gasteiger partial charge in [-0.2, -0.15) is 0 Å². The maximum absolute atomic E-state index is 12.1. The fourth-order valence-corrected chi connectivity index (χ4v) is 1.81. The zero-order valence-electron chi connectivity index (χ0n) is 9.93. The lowest BCUT2D eigenvalue weighted by Crippen LogP contribution is -2.52. The number of nitrogens with zero attached hydrogens (tertiary/aromatic N) is 1. The van der Waals surface area contributed by atoms with Gasteiger partial charge in [0, 0.05) is 19.1 Å². The van der Waals surface area contributed by atoms with Crippen LogP contribution in [0.15, 0.2) is 12.0 Å². The van der Waals surface area contributed by atoms with Gasteiger partial charge in [0.15, 0.2) is 0 Å².